The van der Waals surface area contributed by atoms with E-state index in [-0.39, 0.29) is 28.2 Å². The van der Waals surface area contributed by atoms with Crippen LogP contribution in [0.25, 0.3) is 6.08 Å². The van der Waals surface area contributed by atoms with Gasteiger partial charge in [0.15, 0.2) is 5.78 Å². The van der Waals surface area contributed by atoms with Gasteiger partial charge in [-0.25, -0.2) is 4.39 Å². The Bertz CT molecular complexity index is 620. The molecule has 1 atom stereocenters. The minimum absolute atomic E-state index is 0.0493. The summed E-state index contributed by atoms with van der Waals surface area (Å²) in [5, 5.41) is 12.3. The average Bonchev–Trinajstić information content (AvgIpc) is 2.51. The van der Waals surface area contributed by atoms with Gasteiger partial charge in [-0.3, -0.25) is 9.59 Å². The van der Waals surface area contributed by atoms with Crippen molar-refractivity contribution < 1.29 is 19.1 Å². The van der Waals surface area contributed by atoms with Crippen LogP contribution in [0.3, 0.4) is 0 Å². The van der Waals surface area contributed by atoms with Gasteiger partial charge in [0.2, 0.25) is 5.91 Å². The number of Topliss-reactive ketones (excluding diaryl/α,β-unsaturated/α-hetero) is 1. The third kappa shape index (κ3) is 6.24. The number of aromatic hydroxyl groups is 1. The van der Waals surface area contributed by atoms with Gasteiger partial charge in [0.25, 0.3) is 0 Å². The summed E-state index contributed by atoms with van der Waals surface area (Å²) in [6.07, 6.45) is 4.62. The van der Waals surface area contributed by atoms with Gasteiger partial charge < -0.3 is 10.4 Å². The lowest BCUT2D eigenvalue weighted by Crippen LogP contribution is -2.30. The maximum absolute atomic E-state index is 13.5. The Hall–Kier alpha value is -2.14. The third-order valence-corrected chi connectivity index (χ3v) is 3.42. The standard InChI is InChI=1S/C17H19ClFNO3/c1-3-15(21)13(18)9-7-11(2)20-17(23)10-8-12-14(19)5-4-6-16(12)22/h4-6,8-11,22H,3,7H2,1-2H3,(H,20,23)/b10-8+,13-9-. The van der Waals surface area contributed by atoms with Crippen LogP contribution < -0.4 is 5.32 Å². The minimum Gasteiger partial charge on any atom is -0.507 e. The molecule has 1 aromatic rings. The van der Waals surface area contributed by atoms with E-state index in [1.165, 1.54) is 24.3 Å². The normalized spacial score (nSPS) is 13.1. The molecule has 0 heterocycles. The summed E-state index contributed by atoms with van der Waals surface area (Å²) < 4.78 is 13.5. The first-order chi connectivity index (χ1) is 10.8. The lowest BCUT2D eigenvalue weighted by atomic mass is 10.1. The molecule has 0 radical (unpaired) electrons. The van der Waals surface area contributed by atoms with Crippen molar-refractivity contribution in [2.24, 2.45) is 0 Å². The van der Waals surface area contributed by atoms with Crippen LogP contribution in [0, 0.1) is 5.82 Å². The molecule has 1 rings (SSSR count). The van der Waals surface area contributed by atoms with E-state index in [1.807, 2.05) is 0 Å². The molecule has 2 N–H and O–H groups in total. The number of hydrogen-bond acceptors (Lipinski definition) is 3. The summed E-state index contributed by atoms with van der Waals surface area (Å²) in [6, 6.07) is 3.65. The molecule has 0 aliphatic rings. The van der Waals surface area contributed by atoms with Crippen LogP contribution in [0.4, 0.5) is 4.39 Å². The summed E-state index contributed by atoms with van der Waals surface area (Å²) in [6.45, 7) is 3.47. The fraction of sp³-hybridized carbons (Fsp3) is 0.294. The quantitative estimate of drug-likeness (QED) is 0.747. The van der Waals surface area contributed by atoms with Gasteiger partial charge in [-0.2, -0.15) is 0 Å². The van der Waals surface area contributed by atoms with E-state index in [4.69, 9.17) is 11.6 Å². The summed E-state index contributed by atoms with van der Waals surface area (Å²) in [7, 11) is 0. The second-order valence-corrected chi connectivity index (χ2v) is 5.39. The Morgan fingerprint density at radius 1 is 1.43 bits per heavy atom. The Balaban J connectivity index is 2.59. The van der Waals surface area contributed by atoms with E-state index in [0.717, 1.165) is 6.08 Å². The van der Waals surface area contributed by atoms with Crippen LogP contribution in [-0.2, 0) is 9.59 Å². The van der Waals surface area contributed by atoms with Crippen molar-refractivity contribution in [1.82, 2.24) is 5.32 Å². The van der Waals surface area contributed by atoms with Crippen LogP contribution >= 0.6 is 11.6 Å². The number of amides is 1. The van der Waals surface area contributed by atoms with Gasteiger partial charge in [-0.05, 0) is 31.6 Å². The molecule has 0 fully saturated rings. The van der Waals surface area contributed by atoms with Gasteiger partial charge >= 0.3 is 0 Å². The first kappa shape index (κ1) is 18.9. The van der Waals surface area contributed by atoms with E-state index < -0.39 is 11.7 Å². The molecule has 1 unspecified atom stereocenters. The number of ketones is 1. The lowest BCUT2D eigenvalue weighted by Gasteiger charge is -2.10. The lowest BCUT2D eigenvalue weighted by molar-refractivity contribution is -0.117. The van der Waals surface area contributed by atoms with E-state index >= 15 is 0 Å². The highest BCUT2D eigenvalue weighted by Gasteiger charge is 2.08. The predicted molar refractivity (Wildman–Crippen MR) is 88.6 cm³/mol. The molecule has 0 aromatic heterocycles. The number of phenolic OH excluding ortho intramolecular Hbond substituents is 1. The average molecular weight is 340 g/mol. The predicted octanol–water partition coefficient (Wildman–Crippen LogP) is 3.54. The van der Waals surface area contributed by atoms with Gasteiger partial charge in [0, 0.05) is 18.5 Å². The molecule has 1 amide bonds. The van der Waals surface area contributed by atoms with Crippen LogP contribution in [0.15, 0.2) is 35.4 Å². The maximum atomic E-state index is 13.5. The number of halogens is 2. The smallest absolute Gasteiger partial charge is 0.244 e. The number of phenols is 1. The van der Waals surface area contributed by atoms with Crippen molar-refractivity contribution in [3.8, 4) is 5.75 Å². The molecule has 0 spiro atoms. The molecule has 124 valence electrons. The van der Waals surface area contributed by atoms with Gasteiger partial charge in [-0.15, -0.1) is 0 Å². The van der Waals surface area contributed by atoms with Crippen molar-refractivity contribution in [2.45, 2.75) is 32.7 Å². The van der Waals surface area contributed by atoms with Crippen molar-refractivity contribution in [2.75, 3.05) is 0 Å². The number of allylic oxidation sites excluding steroid dienone is 1. The minimum atomic E-state index is -0.616. The topological polar surface area (TPSA) is 66.4 Å². The Morgan fingerprint density at radius 2 is 2.13 bits per heavy atom. The molecule has 0 saturated carbocycles. The zero-order valence-corrected chi connectivity index (χ0v) is 13.7. The monoisotopic (exact) mass is 339 g/mol. The Kier molecular flexibility index (Phi) is 7.48. The number of benzene rings is 1. The second kappa shape index (κ2) is 9.10. The van der Waals surface area contributed by atoms with Crippen molar-refractivity contribution in [3.63, 3.8) is 0 Å². The van der Waals surface area contributed by atoms with E-state index in [2.05, 4.69) is 5.32 Å². The van der Waals surface area contributed by atoms with E-state index in [9.17, 15) is 19.1 Å². The zero-order valence-electron chi connectivity index (χ0n) is 13.0. The van der Waals surface area contributed by atoms with Gasteiger partial charge in [-0.1, -0.05) is 30.7 Å². The van der Waals surface area contributed by atoms with Crippen LogP contribution in [0.1, 0.15) is 32.3 Å². The first-order valence-electron chi connectivity index (χ1n) is 7.20. The Labute approximate surface area is 139 Å². The highest BCUT2D eigenvalue weighted by molar-refractivity contribution is 6.42. The molecular weight excluding hydrogens is 321 g/mol. The summed E-state index contributed by atoms with van der Waals surface area (Å²) in [4.78, 5) is 23.1. The summed E-state index contributed by atoms with van der Waals surface area (Å²) in [5.41, 5.74) is -0.0493. The van der Waals surface area contributed by atoms with Crippen molar-refractivity contribution in [3.05, 3.63) is 46.8 Å². The molecule has 23 heavy (non-hydrogen) atoms. The highest BCUT2D eigenvalue weighted by Crippen LogP contribution is 2.21. The van der Waals surface area contributed by atoms with Gasteiger partial charge in [0.05, 0.1) is 10.6 Å². The summed E-state index contributed by atoms with van der Waals surface area (Å²) >= 11 is 5.80. The molecule has 6 heteroatoms. The second-order valence-electron chi connectivity index (χ2n) is 4.98. The molecule has 0 bridgehead atoms. The Morgan fingerprint density at radius 3 is 2.74 bits per heavy atom. The highest BCUT2D eigenvalue weighted by atomic mass is 35.5. The third-order valence-electron chi connectivity index (χ3n) is 3.06. The largest absolute Gasteiger partial charge is 0.507 e. The molecule has 1 aromatic carbocycles. The molecule has 4 nitrogen and oxygen atoms in total. The van der Waals surface area contributed by atoms with Crippen LogP contribution in [-0.4, -0.2) is 22.8 Å². The molecule has 0 aliphatic heterocycles. The van der Waals surface area contributed by atoms with Crippen LogP contribution in [0.5, 0.6) is 5.75 Å². The number of rotatable bonds is 7. The van der Waals surface area contributed by atoms with Crippen molar-refractivity contribution in [1.29, 1.82) is 0 Å². The number of carbonyl (C=O) groups is 2. The summed E-state index contributed by atoms with van der Waals surface area (Å²) in [5.74, 6) is -1.45. The van der Waals surface area contributed by atoms with Gasteiger partial charge in [0.1, 0.15) is 11.6 Å². The SMILES string of the molecule is CCC(=O)/C(Cl)=C/CC(C)NC(=O)/C=C/c1c(O)cccc1F. The fourth-order valence-electron chi connectivity index (χ4n) is 1.76. The molecule has 0 aliphatic carbocycles. The van der Waals surface area contributed by atoms with E-state index in [0.29, 0.717) is 12.8 Å². The number of hydrogen-bond donors (Lipinski definition) is 2. The number of carbonyl (C=O) groups excluding carboxylic acids is 2. The van der Waals surface area contributed by atoms with E-state index in [1.54, 1.807) is 19.9 Å². The zero-order chi connectivity index (χ0) is 17.4. The fourth-order valence-corrected chi connectivity index (χ4v) is 1.99. The number of nitrogens with one attached hydrogen (secondary N) is 1. The van der Waals surface area contributed by atoms with Crippen molar-refractivity contribution >= 4 is 29.4 Å². The maximum Gasteiger partial charge on any atom is 0.244 e. The molecular formula is C17H19ClFNO3. The van der Waals surface area contributed by atoms with Crippen LogP contribution in [0.2, 0.25) is 0 Å². The first-order valence-corrected chi connectivity index (χ1v) is 7.57. The molecule has 0 saturated heterocycles.